The standard InChI is InChI=1S/C12H12N4O3S/c13-4-1-5-15-11(17)7-20(18)12-16-9-3-2-8(14)6-10(9)19-12/h2-3,6H,1,5,7,14H2,(H,15,17). The van der Waals surface area contributed by atoms with Gasteiger partial charge in [0, 0.05) is 18.3 Å². The van der Waals surface area contributed by atoms with Crippen LogP contribution in [-0.2, 0) is 15.6 Å². The zero-order valence-electron chi connectivity index (χ0n) is 10.5. The van der Waals surface area contributed by atoms with Crippen molar-refractivity contribution in [3.63, 3.8) is 0 Å². The van der Waals surface area contributed by atoms with E-state index in [0.717, 1.165) is 0 Å². The van der Waals surface area contributed by atoms with E-state index in [0.29, 0.717) is 16.8 Å². The lowest BCUT2D eigenvalue weighted by atomic mass is 10.3. The summed E-state index contributed by atoms with van der Waals surface area (Å²) < 4.78 is 17.3. The third kappa shape index (κ3) is 3.33. The van der Waals surface area contributed by atoms with E-state index < -0.39 is 16.7 Å². The van der Waals surface area contributed by atoms with Crippen molar-refractivity contribution < 1.29 is 13.4 Å². The summed E-state index contributed by atoms with van der Waals surface area (Å²) in [6, 6.07) is 6.79. The van der Waals surface area contributed by atoms with E-state index in [1.807, 2.05) is 6.07 Å². The maximum absolute atomic E-state index is 11.9. The van der Waals surface area contributed by atoms with Crippen LogP contribution in [0.15, 0.2) is 27.8 Å². The molecule has 1 aromatic carbocycles. The normalized spacial score (nSPS) is 11.9. The monoisotopic (exact) mass is 292 g/mol. The Hall–Kier alpha value is -2.40. The molecule has 0 spiro atoms. The van der Waals surface area contributed by atoms with Gasteiger partial charge in [-0.2, -0.15) is 5.26 Å². The molecule has 0 aliphatic carbocycles. The third-order valence-electron chi connectivity index (χ3n) is 2.41. The maximum atomic E-state index is 11.9. The van der Waals surface area contributed by atoms with E-state index >= 15 is 0 Å². The number of nitrogen functional groups attached to an aromatic ring is 1. The van der Waals surface area contributed by atoms with Gasteiger partial charge < -0.3 is 15.5 Å². The average Bonchev–Trinajstić information content (AvgIpc) is 2.82. The summed E-state index contributed by atoms with van der Waals surface area (Å²) in [6.07, 6.45) is 0.209. The second-order valence-corrected chi connectivity index (χ2v) is 5.28. The van der Waals surface area contributed by atoms with Crippen molar-refractivity contribution >= 4 is 33.5 Å². The Morgan fingerprint density at radius 1 is 1.55 bits per heavy atom. The second-order valence-electron chi connectivity index (χ2n) is 3.95. The van der Waals surface area contributed by atoms with Gasteiger partial charge in [-0.3, -0.25) is 4.79 Å². The van der Waals surface area contributed by atoms with Crippen molar-refractivity contribution in [1.29, 1.82) is 5.26 Å². The number of fused-ring (bicyclic) bond motifs is 1. The molecule has 0 radical (unpaired) electrons. The quantitative estimate of drug-likeness (QED) is 0.613. The lowest BCUT2D eigenvalue weighted by Gasteiger charge is -2.00. The number of benzene rings is 1. The molecule has 1 heterocycles. The number of oxazole rings is 1. The summed E-state index contributed by atoms with van der Waals surface area (Å²) in [6.45, 7) is 0.233. The van der Waals surface area contributed by atoms with Gasteiger partial charge in [-0.1, -0.05) is 0 Å². The topological polar surface area (TPSA) is 122 Å². The van der Waals surface area contributed by atoms with Crippen LogP contribution in [0.5, 0.6) is 0 Å². The van der Waals surface area contributed by atoms with Crippen LogP contribution in [0.3, 0.4) is 0 Å². The number of nitrogens with zero attached hydrogens (tertiary/aromatic N) is 2. The smallest absolute Gasteiger partial charge is 0.288 e. The van der Waals surface area contributed by atoms with Crippen LogP contribution >= 0.6 is 0 Å². The Balaban J connectivity index is 2.04. The van der Waals surface area contributed by atoms with Crippen molar-refractivity contribution in [2.45, 2.75) is 11.6 Å². The predicted molar refractivity (Wildman–Crippen MR) is 72.9 cm³/mol. The minimum absolute atomic E-state index is 0.0129. The molecule has 0 fully saturated rings. The van der Waals surface area contributed by atoms with Crippen molar-refractivity contribution in [1.82, 2.24) is 10.3 Å². The van der Waals surface area contributed by atoms with Crippen LogP contribution in [0.4, 0.5) is 5.69 Å². The van der Waals surface area contributed by atoms with Gasteiger partial charge in [0.25, 0.3) is 5.22 Å². The van der Waals surface area contributed by atoms with Gasteiger partial charge in [0.15, 0.2) is 5.58 Å². The first-order valence-electron chi connectivity index (χ1n) is 5.78. The number of carbonyl (C=O) groups is 1. The first kappa shape index (κ1) is 14.0. The van der Waals surface area contributed by atoms with E-state index in [9.17, 15) is 9.00 Å². The largest absolute Gasteiger partial charge is 0.430 e. The molecule has 20 heavy (non-hydrogen) atoms. The van der Waals surface area contributed by atoms with Crippen LogP contribution in [-0.4, -0.2) is 27.4 Å². The Kier molecular flexibility index (Phi) is 4.32. The van der Waals surface area contributed by atoms with Gasteiger partial charge in [0.2, 0.25) is 5.91 Å². The average molecular weight is 292 g/mol. The van der Waals surface area contributed by atoms with Crippen molar-refractivity contribution in [2.24, 2.45) is 0 Å². The highest BCUT2D eigenvalue weighted by molar-refractivity contribution is 7.85. The van der Waals surface area contributed by atoms with E-state index in [1.165, 1.54) is 0 Å². The number of anilines is 1. The SMILES string of the molecule is N#CCCNC(=O)CS(=O)c1nc2ccc(N)cc2o1. The van der Waals surface area contributed by atoms with E-state index in [1.54, 1.807) is 18.2 Å². The molecule has 0 saturated heterocycles. The summed E-state index contributed by atoms with van der Waals surface area (Å²) >= 11 is 0. The highest BCUT2D eigenvalue weighted by atomic mass is 32.2. The number of hydrogen-bond donors (Lipinski definition) is 2. The Morgan fingerprint density at radius 3 is 3.10 bits per heavy atom. The highest BCUT2D eigenvalue weighted by Gasteiger charge is 2.16. The summed E-state index contributed by atoms with van der Waals surface area (Å²) in [5.74, 6) is -0.673. The van der Waals surface area contributed by atoms with Crippen LogP contribution in [0.25, 0.3) is 11.1 Å². The van der Waals surface area contributed by atoms with E-state index in [2.05, 4.69) is 10.3 Å². The number of nitrogens with one attached hydrogen (secondary N) is 1. The molecule has 3 N–H and O–H groups in total. The minimum atomic E-state index is -1.67. The first-order valence-corrected chi connectivity index (χ1v) is 7.10. The molecule has 1 amide bonds. The number of rotatable bonds is 5. The molecule has 1 atom stereocenters. The van der Waals surface area contributed by atoms with Gasteiger partial charge >= 0.3 is 0 Å². The number of nitriles is 1. The van der Waals surface area contributed by atoms with Crippen LogP contribution in [0, 0.1) is 11.3 Å². The van der Waals surface area contributed by atoms with Gasteiger partial charge in [0.05, 0.1) is 12.5 Å². The molecular formula is C12H12N4O3S. The fourth-order valence-electron chi connectivity index (χ4n) is 1.51. The fourth-order valence-corrected chi connectivity index (χ4v) is 2.35. The molecule has 2 rings (SSSR count). The highest BCUT2D eigenvalue weighted by Crippen LogP contribution is 2.20. The minimum Gasteiger partial charge on any atom is -0.430 e. The zero-order chi connectivity index (χ0) is 14.5. The van der Waals surface area contributed by atoms with Crippen molar-refractivity contribution in [3.8, 4) is 6.07 Å². The van der Waals surface area contributed by atoms with Gasteiger partial charge in [-0.05, 0) is 12.1 Å². The summed E-state index contributed by atoms with van der Waals surface area (Å²) in [4.78, 5) is 15.5. The molecule has 1 aromatic heterocycles. The van der Waals surface area contributed by atoms with Gasteiger partial charge in [0.1, 0.15) is 22.1 Å². The lowest BCUT2D eigenvalue weighted by Crippen LogP contribution is -2.29. The van der Waals surface area contributed by atoms with Gasteiger partial charge in [-0.15, -0.1) is 0 Å². The van der Waals surface area contributed by atoms with Crippen LogP contribution < -0.4 is 11.1 Å². The third-order valence-corrected chi connectivity index (χ3v) is 3.50. The molecular weight excluding hydrogens is 280 g/mol. The Morgan fingerprint density at radius 2 is 2.35 bits per heavy atom. The number of amides is 1. The molecule has 0 bridgehead atoms. The molecule has 7 nitrogen and oxygen atoms in total. The Labute approximate surface area is 117 Å². The summed E-state index contributed by atoms with van der Waals surface area (Å²) in [7, 11) is -1.67. The summed E-state index contributed by atoms with van der Waals surface area (Å²) in [5, 5.41) is 10.8. The predicted octanol–water partition coefficient (Wildman–Crippen LogP) is 0.547. The zero-order valence-corrected chi connectivity index (χ0v) is 11.3. The molecule has 2 aromatic rings. The molecule has 8 heteroatoms. The number of carbonyl (C=O) groups excluding carboxylic acids is 1. The van der Waals surface area contributed by atoms with Crippen molar-refractivity contribution in [3.05, 3.63) is 18.2 Å². The van der Waals surface area contributed by atoms with E-state index in [-0.39, 0.29) is 23.9 Å². The molecule has 0 aliphatic heterocycles. The lowest BCUT2D eigenvalue weighted by molar-refractivity contribution is -0.118. The number of hydrogen-bond acceptors (Lipinski definition) is 6. The Bertz CT molecular complexity index is 704. The van der Waals surface area contributed by atoms with Gasteiger partial charge in [-0.25, -0.2) is 9.19 Å². The summed E-state index contributed by atoms with van der Waals surface area (Å²) in [5.41, 5.74) is 7.08. The maximum Gasteiger partial charge on any atom is 0.288 e. The first-order chi connectivity index (χ1) is 9.60. The van der Waals surface area contributed by atoms with Crippen molar-refractivity contribution in [2.75, 3.05) is 18.0 Å². The molecule has 0 aliphatic rings. The number of aromatic nitrogens is 1. The molecule has 0 saturated carbocycles. The number of nitrogens with two attached hydrogens (primary N) is 1. The van der Waals surface area contributed by atoms with Crippen LogP contribution in [0.2, 0.25) is 0 Å². The molecule has 104 valence electrons. The second kappa shape index (κ2) is 6.16. The van der Waals surface area contributed by atoms with E-state index in [4.69, 9.17) is 15.4 Å². The van der Waals surface area contributed by atoms with Crippen LogP contribution in [0.1, 0.15) is 6.42 Å². The molecule has 1 unspecified atom stereocenters. The fraction of sp³-hybridized carbons (Fsp3) is 0.250.